The lowest BCUT2D eigenvalue weighted by Crippen LogP contribution is -2.47. The predicted molar refractivity (Wildman–Crippen MR) is 85.7 cm³/mol. The lowest BCUT2D eigenvalue weighted by atomic mass is 10.1. The molecule has 122 valence electrons. The molecule has 0 spiro atoms. The van der Waals surface area contributed by atoms with Crippen LogP contribution in [0.5, 0.6) is 0 Å². The first-order valence-electron chi connectivity index (χ1n) is 7.53. The van der Waals surface area contributed by atoms with Gasteiger partial charge in [0, 0.05) is 19.5 Å². The van der Waals surface area contributed by atoms with Crippen LogP contribution in [0.2, 0.25) is 0 Å². The first-order valence-corrected chi connectivity index (χ1v) is 8.97. The lowest BCUT2D eigenvalue weighted by molar-refractivity contribution is -0.133. The first-order chi connectivity index (χ1) is 10.2. The number of amides is 1. The van der Waals surface area contributed by atoms with E-state index in [2.05, 4.69) is 0 Å². The molecule has 0 N–H and O–H groups in total. The summed E-state index contributed by atoms with van der Waals surface area (Å²) >= 11 is 0. The molecule has 0 saturated carbocycles. The van der Waals surface area contributed by atoms with Crippen molar-refractivity contribution in [3.63, 3.8) is 0 Å². The van der Waals surface area contributed by atoms with E-state index in [1.807, 2.05) is 27.7 Å². The second-order valence-corrected chi connectivity index (χ2v) is 8.21. The third kappa shape index (κ3) is 2.90. The summed E-state index contributed by atoms with van der Waals surface area (Å²) in [5, 5.41) is 0. The molecule has 1 aromatic carbocycles. The van der Waals surface area contributed by atoms with Crippen molar-refractivity contribution in [1.29, 1.82) is 0 Å². The van der Waals surface area contributed by atoms with Gasteiger partial charge in [0.2, 0.25) is 15.9 Å². The molecule has 2 atom stereocenters. The number of hydrogen-bond donors (Lipinski definition) is 0. The fourth-order valence-corrected chi connectivity index (χ4v) is 4.88. The highest BCUT2D eigenvalue weighted by molar-refractivity contribution is 7.89. The fourth-order valence-electron chi connectivity index (χ4n) is 3.09. The minimum atomic E-state index is -3.61. The molecule has 6 heteroatoms. The van der Waals surface area contributed by atoms with Crippen LogP contribution in [0.1, 0.15) is 33.3 Å². The van der Waals surface area contributed by atoms with Gasteiger partial charge in [-0.15, -0.1) is 0 Å². The van der Waals surface area contributed by atoms with Crippen molar-refractivity contribution < 1.29 is 13.2 Å². The van der Waals surface area contributed by atoms with Crippen LogP contribution in [-0.4, -0.2) is 42.3 Å². The highest BCUT2D eigenvalue weighted by atomic mass is 32.2. The molecule has 0 unspecified atom stereocenters. The number of carbonyl (C=O) groups excluding carboxylic acids is 1. The van der Waals surface area contributed by atoms with Gasteiger partial charge >= 0.3 is 0 Å². The molecule has 22 heavy (non-hydrogen) atoms. The standard InChI is InChI=1S/C16H24N2O3S/c1-11(2)16-17(10-13(4)18(16)14(5)19)22(20,21)15-8-6-12(3)7-9-15/h6-9,11,13,16H,10H2,1-5H3/t13-,16-/m0/s1. The lowest BCUT2D eigenvalue weighted by Gasteiger charge is -2.33. The Bertz CT molecular complexity index is 652. The van der Waals surface area contributed by atoms with Gasteiger partial charge in [0.15, 0.2) is 0 Å². The molecule has 1 amide bonds. The summed E-state index contributed by atoms with van der Waals surface area (Å²) in [7, 11) is -3.61. The van der Waals surface area contributed by atoms with E-state index in [1.165, 1.54) is 11.2 Å². The normalized spacial score (nSPS) is 23.3. The third-order valence-electron chi connectivity index (χ3n) is 4.09. The quantitative estimate of drug-likeness (QED) is 0.856. The van der Waals surface area contributed by atoms with Gasteiger partial charge < -0.3 is 4.90 Å². The van der Waals surface area contributed by atoms with Crippen LogP contribution >= 0.6 is 0 Å². The fraction of sp³-hybridized carbons (Fsp3) is 0.562. The van der Waals surface area contributed by atoms with E-state index in [0.717, 1.165) is 5.56 Å². The Labute approximate surface area is 133 Å². The molecule has 1 aromatic rings. The second-order valence-electron chi connectivity index (χ2n) is 6.32. The van der Waals surface area contributed by atoms with Crippen LogP contribution in [-0.2, 0) is 14.8 Å². The van der Waals surface area contributed by atoms with E-state index in [9.17, 15) is 13.2 Å². The van der Waals surface area contributed by atoms with E-state index in [0.29, 0.717) is 6.54 Å². The molecule has 0 aliphatic carbocycles. The summed E-state index contributed by atoms with van der Waals surface area (Å²) in [6, 6.07) is 6.72. The van der Waals surface area contributed by atoms with Gasteiger partial charge in [0.25, 0.3) is 0 Å². The molecule has 5 nitrogen and oxygen atoms in total. The van der Waals surface area contributed by atoms with Crippen LogP contribution in [0.3, 0.4) is 0 Å². The Kier molecular flexibility index (Phi) is 4.63. The molecule has 2 rings (SSSR count). The molecule has 0 aromatic heterocycles. The van der Waals surface area contributed by atoms with Gasteiger partial charge in [-0.2, -0.15) is 4.31 Å². The van der Waals surface area contributed by atoms with Crippen molar-refractivity contribution in [1.82, 2.24) is 9.21 Å². The molecule has 0 bridgehead atoms. The zero-order chi connectivity index (χ0) is 16.7. The predicted octanol–water partition coefficient (Wildman–Crippen LogP) is 2.22. The van der Waals surface area contributed by atoms with Gasteiger partial charge in [0.05, 0.1) is 4.90 Å². The Morgan fingerprint density at radius 2 is 1.77 bits per heavy atom. The second kappa shape index (κ2) is 6.01. The van der Waals surface area contributed by atoms with Gasteiger partial charge in [-0.1, -0.05) is 31.5 Å². The number of nitrogens with zero attached hydrogens (tertiary/aromatic N) is 2. The highest BCUT2D eigenvalue weighted by Gasteiger charge is 2.46. The van der Waals surface area contributed by atoms with Crippen molar-refractivity contribution >= 4 is 15.9 Å². The summed E-state index contributed by atoms with van der Waals surface area (Å²) < 4.78 is 27.4. The molecule has 1 aliphatic heterocycles. The monoisotopic (exact) mass is 324 g/mol. The number of benzene rings is 1. The maximum absolute atomic E-state index is 13.0. The zero-order valence-electron chi connectivity index (χ0n) is 13.8. The summed E-state index contributed by atoms with van der Waals surface area (Å²) in [6.45, 7) is 9.52. The van der Waals surface area contributed by atoms with Crippen LogP contribution in [0, 0.1) is 12.8 Å². The summed E-state index contributed by atoms with van der Waals surface area (Å²) in [5.41, 5.74) is 1.01. The highest BCUT2D eigenvalue weighted by Crippen LogP contribution is 2.31. The Hall–Kier alpha value is -1.40. The number of sulfonamides is 1. The minimum Gasteiger partial charge on any atom is -0.322 e. The molecule has 1 heterocycles. The number of aryl methyl sites for hydroxylation is 1. The van der Waals surface area contributed by atoms with Crippen molar-refractivity contribution in [2.75, 3.05) is 6.54 Å². The van der Waals surface area contributed by atoms with Crippen LogP contribution in [0.4, 0.5) is 0 Å². The van der Waals surface area contributed by atoms with Gasteiger partial charge in [-0.3, -0.25) is 4.79 Å². The van der Waals surface area contributed by atoms with Crippen LogP contribution in [0.25, 0.3) is 0 Å². The first kappa shape index (κ1) is 17.0. The van der Waals surface area contributed by atoms with E-state index in [4.69, 9.17) is 0 Å². The average molecular weight is 324 g/mol. The Morgan fingerprint density at radius 1 is 1.23 bits per heavy atom. The third-order valence-corrected chi connectivity index (χ3v) is 5.94. The minimum absolute atomic E-state index is 0.0223. The van der Waals surface area contributed by atoms with E-state index >= 15 is 0 Å². The Balaban J connectivity index is 2.45. The topological polar surface area (TPSA) is 57.7 Å². The van der Waals surface area contributed by atoms with E-state index in [1.54, 1.807) is 29.2 Å². The maximum atomic E-state index is 13.0. The summed E-state index contributed by atoms with van der Waals surface area (Å²) in [4.78, 5) is 13.9. The summed E-state index contributed by atoms with van der Waals surface area (Å²) in [6.07, 6.45) is -0.432. The number of carbonyl (C=O) groups is 1. The SMILES string of the molecule is CC(=O)N1[C@@H](C(C)C)N(S(=O)(=O)c2ccc(C)cc2)C[C@@H]1C. The smallest absolute Gasteiger partial charge is 0.244 e. The largest absolute Gasteiger partial charge is 0.322 e. The molecule has 1 fully saturated rings. The van der Waals surface area contributed by atoms with Crippen molar-refractivity contribution in [3.8, 4) is 0 Å². The average Bonchev–Trinajstić information content (AvgIpc) is 2.78. The molecule has 0 radical (unpaired) electrons. The van der Waals surface area contributed by atoms with E-state index < -0.39 is 16.2 Å². The van der Waals surface area contributed by atoms with Crippen molar-refractivity contribution in [2.24, 2.45) is 5.92 Å². The van der Waals surface area contributed by atoms with Crippen LogP contribution in [0.15, 0.2) is 29.2 Å². The van der Waals surface area contributed by atoms with Gasteiger partial charge in [0.1, 0.15) is 6.17 Å². The maximum Gasteiger partial charge on any atom is 0.244 e. The number of rotatable bonds is 3. The molecule has 1 saturated heterocycles. The summed E-state index contributed by atoms with van der Waals surface area (Å²) in [5.74, 6) is -0.0677. The van der Waals surface area contributed by atoms with Gasteiger partial charge in [-0.25, -0.2) is 8.42 Å². The zero-order valence-corrected chi connectivity index (χ0v) is 14.6. The van der Waals surface area contributed by atoms with E-state index in [-0.39, 0.29) is 22.8 Å². The van der Waals surface area contributed by atoms with Crippen molar-refractivity contribution in [2.45, 2.75) is 51.7 Å². The van der Waals surface area contributed by atoms with Crippen LogP contribution < -0.4 is 0 Å². The molecular formula is C16H24N2O3S. The Morgan fingerprint density at radius 3 is 2.23 bits per heavy atom. The number of hydrogen-bond acceptors (Lipinski definition) is 3. The molecular weight excluding hydrogens is 300 g/mol. The van der Waals surface area contributed by atoms with Crippen molar-refractivity contribution in [3.05, 3.63) is 29.8 Å². The van der Waals surface area contributed by atoms with Gasteiger partial charge in [-0.05, 0) is 31.9 Å². The molecule has 1 aliphatic rings.